The zero-order valence-corrected chi connectivity index (χ0v) is 8.28. The Kier molecular flexibility index (Phi) is 3.40. The maximum atomic E-state index is 11.1. The van der Waals surface area contributed by atoms with E-state index >= 15 is 0 Å². The topological polar surface area (TPSA) is 50.1 Å². The third kappa shape index (κ3) is 2.19. The van der Waals surface area contributed by atoms with Gasteiger partial charge in [0.2, 0.25) is 0 Å². The Balaban J connectivity index is 2.94. The number of Topliss-reactive ketones (excluding diaryl/α,β-unsaturated/α-hetero) is 1. The molecule has 1 aromatic rings. The minimum atomic E-state index is -0.430. The minimum absolute atomic E-state index is 0.0230. The number of nitrogens with one attached hydrogen (secondary N) is 1. The molecule has 0 aliphatic rings. The molecule has 0 saturated carbocycles. The van der Waals surface area contributed by atoms with E-state index in [0.717, 1.165) is 17.5 Å². The van der Waals surface area contributed by atoms with Gasteiger partial charge in [-0.05, 0) is 24.6 Å². The van der Waals surface area contributed by atoms with Crippen LogP contribution in [0.4, 0.5) is 0 Å². The molecule has 1 aromatic carbocycles. The van der Waals surface area contributed by atoms with Crippen LogP contribution in [-0.4, -0.2) is 19.1 Å². The molecule has 1 unspecified atom stereocenters. The Bertz CT molecular complexity index is 330. The Labute approximate surface area is 83.2 Å². The van der Waals surface area contributed by atoms with Crippen LogP contribution in [0.15, 0.2) is 24.3 Å². The van der Waals surface area contributed by atoms with E-state index < -0.39 is 5.92 Å². The van der Waals surface area contributed by atoms with Crippen LogP contribution in [0.2, 0.25) is 0 Å². The summed E-state index contributed by atoms with van der Waals surface area (Å²) in [6.07, 6.45) is 1.16. The van der Waals surface area contributed by atoms with Crippen molar-refractivity contribution in [1.29, 1.82) is 5.41 Å². The van der Waals surface area contributed by atoms with Crippen LogP contribution in [0.5, 0.6) is 5.75 Å². The summed E-state index contributed by atoms with van der Waals surface area (Å²) >= 11 is 0. The summed E-state index contributed by atoms with van der Waals surface area (Å²) in [6, 6.07) is 7.18. The highest BCUT2D eigenvalue weighted by Crippen LogP contribution is 2.18. The number of benzene rings is 1. The predicted octanol–water partition coefficient (Wildman–Crippen LogP) is 2.02. The van der Waals surface area contributed by atoms with Crippen molar-refractivity contribution in [3.05, 3.63) is 29.8 Å². The van der Waals surface area contributed by atoms with Crippen LogP contribution >= 0.6 is 0 Å². The summed E-state index contributed by atoms with van der Waals surface area (Å²) < 4.78 is 5.00. The van der Waals surface area contributed by atoms with Crippen LogP contribution in [-0.2, 0) is 4.79 Å². The lowest BCUT2D eigenvalue weighted by molar-refractivity contribution is -0.116. The zero-order chi connectivity index (χ0) is 10.6. The maximum absolute atomic E-state index is 11.1. The van der Waals surface area contributed by atoms with E-state index in [9.17, 15) is 4.79 Å². The summed E-state index contributed by atoms with van der Waals surface area (Å²) in [5, 5.41) is 7.15. The van der Waals surface area contributed by atoms with E-state index in [-0.39, 0.29) is 5.78 Å². The van der Waals surface area contributed by atoms with Gasteiger partial charge in [0.1, 0.15) is 11.5 Å². The first kappa shape index (κ1) is 10.4. The van der Waals surface area contributed by atoms with Crippen LogP contribution < -0.4 is 4.74 Å². The molecule has 0 saturated heterocycles. The van der Waals surface area contributed by atoms with Crippen molar-refractivity contribution in [1.82, 2.24) is 0 Å². The molecule has 0 fully saturated rings. The van der Waals surface area contributed by atoms with Crippen molar-refractivity contribution in [3.63, 3.8) is 0 Å². The van der Waals surface area contributed by atoms with Crippen molar-refractivity contribution < 1.29 is 9.53 Å². The van der Waals surface area contributed by atoms with E-state index in [4.69, 9.17) is 10.1 Å². The number of rotatable bonds is 4. The second-order valence-corrected chi connectivity index (χ2v) is 3.03. The molecule has 74 valence electrons. The molecule has 0 aliphatic carbocycles. The van der Waals surface area contributed by atoms with Crippen LogP contribution in [0.3, 0.4) is 0 Å². The van der Waals surface area contributed by atoms with E-state index in [1.54, 1.807) is 31.4 Å². The average molecular weight is 191 g/mol. The lowest BCUT2D eigenvalue weighted by atomic mass is 9.97. The van der Waals surface area contributed by atoms with Gasteiger partial charge in [-0.25, -0.2) is 0 Å². The number of ether oxygens (including phenoxy) is 1. The highest BCUT2D eigenvalue weighted by atomic mass is 16.5. The van der Waals surface area contributed by atoms with Crippen LogP contribution in [0.1, 0.15) is 18.4 Å². The van der Waals surface area contributed by atoms with E-state index in [0.29, 0.717) is 0 Å². The summed E-state index contributed by atoms with van der Waals surface area (Å²) in [4.78, 5) is 11.1. The summed E-state index contributed by atoms with van der Waals surface area (Å²) in [6.45, 7) is 1.49. The lowest BCUT2D eigenvalue weighted by Gasteiger charge is -2.08. The van der Waals surface area contributed by atoms with Gasteiger partial charge in [0.05, 0.1) is 13.0 Å². The van der Waals surface area contributed by atoms with Crippen molar-refractivity contribution in [3.8, 4) is 5.75 Å². The minimum Gasteiger partial charge on any atom is -0.497 e. The van der Waals surface area contributed by atoms with Gasteiger partial charge in [0.15, 0.2) is 0 Å². The summed E-state index contributed by atoms with van der Waals surface area (Å²) in [5.41, 5.74) is 0.827. The van der Waals surface area contributed by atoms with Gasteiger partial charge >= 0.3 is 0 Å². The van der Waals surface area contributed by atoms with Gasteiger partial charge in [-0.1, -0.05) is 12.1 Å². The van der Waals surface area contributed by atoms with Crippen molar-refractivity contribution in [2.45, 2.75) is 12.8 Å². The lowest BCUT2D eigenvalue weighted by Crippen LogP contribution is -2.09. The first-order valence-corrected chi connectivity index (χ1v) is 4.34. The average Bonchev–Trinajstić information content (AvgIpc) is 2.19. The molecule has 1 atom stereocenters. The van der Waals surface area contributed by atoms with E-state index in [1.807, 2.05) is 0 Å². The smallest absolute Gasteiger partial charge is 0.142 e. The van der Waals surface area contributed by atoms with E-state index in [2.05, 4.69) is 0 Å². The Morgan fingerprint density at radius 1 is 1.43 bits per heavy atom. The van der Waals surface area contributed by atoms with Crippen molar-refractivity contribution in [2.24, 2.45) is 0 Å². The van der Waals surface area contributed by atoms with Crippen molar-refractivity contribution >= 4 is 12.0 Å². The van der Waals surface area contributed by atoms with Gasteiger partial charge in [0.25, 0.3) is 0 Å². The fourth-order valence-corrected chi connectivity index (χ4v) is 1.26. The van der Waals surface area contributed by atoms with Gasteiger partial charge in [-0.15, -0.1) is 0 Å². The quantitative estimate of drug-likeness (QED) is 0.740. The number of ketones is 1. The second kappa shape index (κ2) is 4.56. The molecule has 0 radical (unpaired) electrons. The summed E-state index contributed by atoms with van der Waals surface area (Å²) in [7, 11) is 1.59. The van der Waals surface area contributed by atoms with Gasteiger partial charge in [-0.3, -0.25) is 4.79 Å². The molecular weight excluding hydrogens is 178 g/mol. The molecule has 1 rings (SSSR count). The SMILES string of the molecule is COc1ccc(C(C=N)C(C)=O)cc1. The molecule has 3 heteroatoms. The molecule has 0 amide bonds. The molecular formula is C11H13NO2. The number of hydrogen-bond donors (Lipinski definition) is 1. The van der Waals surface area contributed by atoms with Crippen LogP contribution in [0.25, 0.3) is 0 Å². The van der Waals surface area contributed by atoms with Crippen LogP contribution in [0, 0.1) is 5.41 Å². The Hall–Kier alpha value is -1.64. The van der Waals surface area contributed by atoms with Gasteiger partial charge in [-0.2, -0.15) is 0 Å². The first-order valence-electron chi connectivity index (χ1n) is 4.34. The Morgan fingerprint density at radius 2 is 2.00 bits per heavy atom. The largest absolute Gasteiger partial charge is 0.497 e. The molecule has 0 aromatic heterocycles. The normalized spacial score (nSPS) is 11.9. The summed E-state index contributed by atoms with van der Waals surface area (Å²) in [5.74, 6) is 0.298. The maximum Gasteiger partial charge on any atom is 0.142 e. The molecule has 3 nitrogen and oxygen atoms in total. The molecule has 0 heterocycles. The van der Waals surface area contributed by atoms with Gasteiger partial charge in [0, 0.05) is 6.21 Å². The molecule has 0 aliphatic heterocycles. The zero-order valence-electron chi connectivity index (χ0n) is 8.28. The number of methoxy groups -OCH3 is 1. The monoisotopic (exact) mass is 191 g/mol. The molecule has 1 N–H and O–H groups in total. The first-order chi connectivity index (χ1) is 6.69. The predicted molar refractivity (Wildman–Crippen MR) is 55.2 cm³/mol. The van der Waals surface area contributed by atoms with Gasteiger partial charge < -0.3 is 10.1 Å². The highest BCUT2D eigenvalue weighted by Gasteiger charge is 2.12. The molecule has 14 heavy (non-hydrogen) atoms. The number of carbonyl (C=O) groups excluding carboxylic acids is 1. The highest BCUT2D eigenvalue weighted by molar-refractivity contribution is 5.98. The molecule has 0 spiro atoms. The second-order valence-electron chi connectivity index (χ2n) is 3.03. The fraction of sp³-hybridized carbons (Fsp3) is 0.273. The third-order valence-electron chi connectivity index (χ3n) is 2.08. The molecule has 0 bridgehead atoms. The fourth-order valence-electron chi connectivity index (χ4n) is 1.26. The standard InChI is InChI=1S/C11H13NO2/c1-8(13)11(7-12)9-3-5-10(14-2)6-4-9/h3-7,11-12H,1-2H3. The third-order valence-corrected chi connectivity index (χ3v) is 2.08. The number of carbonyl (C=O) groups is 1. The van der Waals surface area contributed by atoms with E-state index in [1.165, 1.54) is 6.92 Å². The van der Waals surface area contributed by atoms with Crippen molar-refractivity contribution in [2.75, 3.05) is 7.11 Å². The number of hydrogen-bond acceptors (Lipinski definition) is 3. The Morgan fingerprint density at radius 3 is 2.36 bits per heavy atom.